The molecule has 0 aromatic heterocycles. The largest absolute Gasteiger partial charge is 0.370 e. The number of likely N-dealkylation sites (tertiary alicyclic amines) is 1. The lowest BCUT2D eigenvalue weighted by atomic mass is 9.90. The maximum Gasteiger partial charge on any atom is 0.223 e. The van der Waals surface area contributed by atoms with Crippen molar-refractivity contribution in [1.82, 2.24) is 10.2 Å². The van der Waals surface area contributed by atoms with Gasteiger partial charge in [-0.05, 0) is 24.9 Å². The number of carbonyl (C=O) groups is 2. The Balaban J connectivity index is 1.80. The van der Waals surface area contributed by atoms with Crippen LogP contribution < -0.4 is 11.1 Å². The lowest BCUT2D eigenvalue weighted by Gasteiger charge is -2.27. The summed E-state index contributed by atoms with van der Waals surface area (Å²) in [6, 6.07) is 10.9. The molecule has 0 spiro atoms. The quantitative estimate of drug-likeness (QED) is 0.881. The van der Waals surface area contributed by atoms with Crippen LogP contribution in [0.15, 0.2) is 30.3 Å². The van der Waals surface area contributed by atoms with E-state index in [1.807, 2.05) is 11.0 Å². The lowest BCUT2D eigenvalue weighted by molar-refractivity contribution is -0.134. The monoisotopic (exact) mass is 315 g/mol. The van der Waals surface area contributed by atoms with E-state index in [2.05, 4.69) is 29.6 Å². The Kier molecular flexibility index (Phi) is 4.96. The third-order valence-corrected chi connectivity index (χ3v) is 5.08. The van der Waals surface area contributed by atoms with Crippen molar-refractivity contribution in [1.29, 1.82) is 0 Å². The molecular weight excluding hydrogens is 290 g/mol. The van der Waals surface area contributed by atoms with E-state index in [4.69, 9.17) is 5.73 Å². The van der Waals surface area contributed by atoms with Crippen molar-refractivity contribution < 1.29 is 9.59 Å². The molecule has 2 fully saturated rings. The standard InChI is InChI=1S/C18H25N3O2/c19-16(22)9-10-17(23)21-12-14(13-6-2-1-3-7-13)18-15(21)8-4-5-11-20-18/h1-3,6-7,14-15,18,20H,4-5,8-12H2,(H2,19,22)/t14-,15-,18-/m0/s1. The summed E-state index contributed by atoms with van der Waals surface area (Å²) in [6.07, 6.45) is 3.67. The second-order valence-corrected chi connectivity index (χ2v) is 6.57. The molecule has 3 rings (SSSR count). The molecule has 0 bridgehead atoms. The summed E-state index contributed by atoms with van der Waals surface area (Å²) in [5.74, 6) is -0.0366. The van der Waals surface area contributed by atoms with Gasteiger partial charge in [0.15, 0.2) is 0 Å². The Morgan fingerprint density at radius 1 is 1.17 bits per heavy atom. The van der Waals surface area contributed by atoms with Gasteiger partial charge in [-0.25, -0.2) is 0 Å². The fraction of sp³-hybridized carbons (Fsp3) is 0.556. The van der Waals surface area contributed by atoms with Gasteiger partial charge in [-0.2, -0.15) is 0 Å². The minimum absolute atomic E-state index is 0.0564. The van der Waals surface area contributed by atoms with Gasteiger partial charge in [0.05, 0.1) is 0 Å². The van der Waals surface area contributed by atoms with Crippen molar-refractivity contribution in [3.05, 3.63) is 35.9 Å². The lowest BCUT2D eigenvalue weighted by Crippen LogP contribution is -2.44. The van der Waals surface area contributed by atoms with Crippen LogP contribution >= 0.6 is 0 Å². The SMILES string of the molecule is NC(=O)CCC(=O)N1C[C@@H](c2ccccc2)[C@@H]2NCCCC[C@@H]21. The first-order chi connectivity index (χ1) is 11.2. The van der Waals surface area contributed by atoms with Crippen molar-refractivity contribution in [3.8, 4) is 0 Å². The average molecular weight is 315 g/mol. The van der Waals surface area contributed by atoms with Crippen molar-refractivity contribution in [2.75, 3.05) is 13.1 Å². The molecule has 1 aromatic carbocycles. The van der Waals surface area contributed by atoms with Gasteiger partial charge < -0.3 is 16.0 Å². The fourth-order valence-corrected chi connectivity index (χ4v) is 3.96. The highest BCUT2D eigenvalue weighted by Crippen LogP contribution is 2.36. The van der Waals surface area contributed by atoms with Gasteiger partial charge >= 0.3 is 0 Å². The summed E-state index contributed by atoms with van der Waals surface area (Å²) in [5.41, 5.74) is 6.47. The maximum absolute atomic E-state index is 12.6. The molecule has 2 saturated heterocycles. The minimum atomic E-state index is -0.410. The number of nitrogens with one attached hydrogen (secondary N) is 1. The van der Waals surface area contributed by atoms with E-state index in [1.165, 1.54) is 5.56 Å². The van der Waals surface area contributed by atoms with E-state index in [-0.39, 0.29) is 24.8 Å². The summed E-state index contributed by atoms with van der Waals surface area (Å²) in [7, 11) is 0. The second-order valence-electron chi connectivity index (χ2n) is 6.57. The van der Waals surface area contributed by atoms with Crippen LogP contribution in [0.3, 0.4) is 0 Å². The molecule has 23 heavy (non-hydrogen) atoms. The van der Waals surface area contributed by atoms with Crippen LogP contribution in [0, 0.1) is 0 Å². The van der Waals surface area contributed by atoms with Crippen LogP contribution in [0.2, 0.25) is 0 Å². The third-order valence-electron chi connectivity index (χ3n) is 5.08. The van der Waals surface area contributed by atoms with Crippen LogP contribution in [0.25, 0.3) is 0 Å². The second kappa shape index (κ2) is 7.13. The van der Waals surface area contributed by atoms with Gasteiger partial charge in [0, 0.05) is 37.4 Å². The number of hydrogen-bond donors (Lipinski definition) is 2. The average Bonchev–Trinajstić information content (AvgIpc) is 2.75. The zero-order valence-electron chi connectivity index (χ0n) is 13.4. The first-order valence-electron chi connectivity index (χ1n) is 8.53. The summed E-state index contributed by atoms with van der Waals surface area (Å²) in [5, 5.41) is 3.66. The van der Waals surface area contributed by atoms with Crippen LogP contribution in [0.5, 0.6) is 0 Å². The molecule has 2 aliphatic heterocycles. The predicted octanol–water partition coefficient (Wildman–Crippen LogP) is 1.39. The van der Waals surface area contributed by atoms with E-state index in [1.54, 1.807) is 0 Å². The van der Waals surface area contributed by atoms with Crippen molar-refractivity contribution in [3.63, 3.8) is 0 Å². The van der Waals surface area contributed by atoms with E-state index in [9.17, 15) is 9.59 Å². The molecule has 2 heterocycles. The topological polar surface area (TPSA) is 75.4 Å². The van der Waals surface area contributed by atoms with Gasteiger partial charge in [-0.1, -0.05) is 36.8 Å². The Morgan fingerprint density at radius 2 is 1.96 bits per heavy atom. The van der Waals surface area contributed by atoms with Crippen molar-refractivity contribution >= 4 is 11.8 Å². The molecular formula is C18H25N3O2. The molecule has 2 amide bonds. The highest BCUT2D eigenvalue weighted by atomic mass is 16.2. The molecule has 0 aliphatic carbocycles. The number of nitrogens with zero attached hydrogens (tertiary/aromatic N) is 1. The number of rotatable bonds is 4. The summed E-state index contributed by atoms with van der Waals surface area (Å²) in [4.78, 5) is 25.6. The van der Waals surface area contributed by atoms with E-state index >= 15 is 0 Å². The van der Waals surface area contributed by atoms with Gasteiger partial charge in [0.2, 0.25) is 11.8 Å². The molecule has 5 heteroatoms. The van der Waals surface area contributed by atoms with Crippen LogP contribution in [-0.4, -0.2) is 41.9 Å². The Hall–Kier alpha value is -1.88. The number of hydrogen-bond acceptors (Lipinski definition) is 3. The van der Waals surface area contributed by atoms with Gasteiger partial charge in [-0.15, -0.1) is 0 Å². The zero-order chi connectivity index (χ0) is 16.2. The first kappa shape index (κ1) is 16.0. The Bertz CT molecular complexity index is 561. The van der Waals surface area contributed by atoms with Crippen molar-refractivity contribution in [2.45, 2.75) is 50.1 Å². The van der Waals surface area contributed by atoms with E-state index in [0.717, 1.165) is 32.4 Å². The van der Waals surface area contributed by atoms with Crippen LogP contribution in [0.1, 0.15) is 43.6 Å². The summed E-state index contributed by atoms with van der Waals surface area (Å²) < 4.78 is 0. The number of benzene rings is 1. The third kappa shape index (κ3) is 3.55. The maximum atomic E-state index is 12.6. The molecule has 5 nitrogen and oxygen atoms in total. The predicted molar refractivity (Wildman–Crippen MR) is 88.8 cm³/mol. The van der Waals surface area contributed by atoms with Crippen LogP contribution in [-0.2, 0) is 9.59 Å². The smallest absolute Gasteiger partial charge is 0.223 e. The summed E-state index contributed by atoms with van der Waals surface area (Å²) >= 11 is 0. The molecule has 3 N–H and O–H groups in total. The van der Waals surface area contributed by atoms with E-state index < -0.39 is 5.91 Å². The van der Waals surface area contributed by atoms with E-state index in [0.29, 0.717) is 12.0 Å². The van der Waals surface area contributed by atoms with Crippen LogP contribution in [0.4, 0.5) is 0 Å². The molecule has 2 aliphatic rings. The van der Waals surface area contributed by atoms with Gasteiger partial charge in [0.1, 0.15) is 0 Å². The highest BCUT2D eigenvalue weighted by Gasteiger charge is 2.44. The Labute approximate surface area is 137 Å². The number of nitrogens with two attached hydrogens (primary N) is 1. The number of carbonyl (C=O) groups excluding carboxylic acids is 2. The fourth-order valence-electron chi connectivity index (χ4n) is 3.96. The molecule has 0 unspecified atom stereocenters. The molecule has 124 valence electrons. The highest BCUT2D eigenvalue weighted by molar-refractivity contribution is 5.83. The zero-order valence-corrected chi connectivity index (χ0v) is 13.4. The van der Waals surface area contributed by atoms with Gasteiger partial charge in [-0.3, -0.25) is 9.59 Å². The molecule has 0 radical (unpaired) electrons. The number of fused-ring (bicyclic) bond motifs is 1. The number of amides is 2. The summed E-state index contributed by atoms with van der Waals surface area (Å²) in [6.45, 7) is 1.73. The minimum Gasteiger partial charge on any atom is -0.370 e. The molecule has 0 saturated carbocycles. The Morgan fingerprint density at radius 3 is 2.70 bits per heavy atom. The molecule has 1 aromatic rings. The molecule has 3 atom stereocenters. The van der Waals surface area contributed by atoms with Gasteiger partial charge in [0.25, 0.3) is 0 Å². The first-order valence-corrected chi connectivity index (χ1v) is 8.53. The number of primary amides is 1. The van der Waals surface area contributed by atoms with Crippen molar-refractivity contribution in [2.24, 2.45) is 5.73 Å². The normalized spacial score (nSPS) is 27.3.